The van der Waals surface area contributed by atoms with E-state index in [1.165, 1.54) is 11.1 Å². The van der Waals surface area contributed by atoms with Gasteiger partial charge in [-0.1, -0.05) is 11.6 Å². The average molecular weight is 399 g/mol. The van der Waals surface area contributed by atoms with Crippen molar-refractivity contribution >= 4 is 29.1 Å². The molecular weight excluding hydrogens is 385 g/mol. The van der Waals surface area contributed by atoms with Gasteiger partial charge in [0.15, 0.2) is 11.3 Å². The van der Waals surface area contributed by atoms with Crippen molar-refractivity contribution in [1.82, 2.24) is 19.6 Å². The molecule has 0 radical (unpaired) electrons. The maximum atomic E-state index is 13.6. The lowest BCUT2D eigenvalue weighted by molar-refractivity contribution is -0.136. The van der Waals surface area contributed by atoms with E-state index in [-0.39, 0.29) is 41.3 Å². The highest BCUT2D eigenvalue weighted by Gasteiger charge is 2.50. The summed E-state index contributed by atoms with van der Waals surface area (Å²) in [6, 6.07) is 0.842. The number of fused-ring (bicyclic) bond motifs is 2. The lowest BCUT2D eigenvalue weighted by Crippen LogP contribution is -2.50. The monoisotopic (exact) mass is 398 g/mol. The van der Waals surface area contributed by atoms with Crippen LogP contribution in [-0.2, 0) is 11.0 Å². The van der Waals surface area contributed by atoms with Gasteiger partial charge in [-0.15, -0.1) is 0 Å². The molecule has 2 unspecified atom stereocenters. The number of carbonyl (C=O) groups is 2. The maximum absolute atomic E-state index is 13.6. The number of nitrogens with zero attached hydrogens (tertiary/aromatic N) is 3. The van der Waals surface area contributed by atoms with Crippen LogP contribution < -0.4 is 5.32 Å². The van der Waals surface area contributed by atoms with Crippen LogP contribution in [0.1, 0.15) is 46.8 Å². The molecule has 0 bridgehead atoms. The van der Waals surface area contributed by atoms with E-state index >= 15 is 0 Å². The predicted molar refractivity (Wildman–Crippen MR) is 88.6 cm³/mol. The van der Waals surface area contributed by atoms with E-state index in [1.807, 2.05) is 0 Å². The summed E-state index contributed by atoms with van der Waals surface area (Å²) >= 11 is 6.27. The zero-order valence-electron chi connectivity index (χ0n) is 13.9. The number of aromatic nitrogens is 2. The Morgan fingerprint density at radius 1 is 1.33 bits per heavy atom. The molecule has 6 nitrogen and oxygen atoms in total. The molecule has 1 aliphatic heterocycles. The van der Waals surface area contributed by atoms with Crippen LogP contribution in [0.2, 0.25) is 5.15 Å². The zero-order valence-corrected chi connectivity index (χ0v) is 14.6. The molecule has 2 saturated carbocycles. The van der Waals surface area contributed by atoms with E-state index in [1.54, 1.807) is 0 Å². The van der Waals surface area contributed by atoms with Crippen molar-refractivity contribution in [3.05, 3.63) is 34.2 Å². The Bertz CT molecular complexity index is 998. The van der Waals surface area contributed by atoms with Crippen molar-refractivity contribution in [1.29, 1.82) is 0 Å². The van der Waals surface area contributed by atoms with Crippen LogP contribution in [0.5, 0.6) is 0 Å². The van der Waals surface area contributed by atoms with Gasteiger partial charge < -0.3 is 10.2 Å². The van der Waals surface area contributed by atoms with E-state index in [0.29, 0.717) is 12.0 Å². The van der Waals surface area contributed by atoms with Crippen LogP contribution in [0.3, 0.4) is 0 Å². The molecule has 3 aliphatic rings. The lowest BCUT2D eigenvalue weighted by Gasteiger charge is -2.25. The van der Waals surface area contributed by atoms with Crippen LogP contribution in [0.4, 0.5) is 13.2 Å². The number of hydrogen-bond acceptors (Lipinski definition) is 3. The fourth-order valence-electron chi connectivity index (χ4n) is 3.69. The molecule has 3 fully saturated rings. The Morgan fingerprint density at radius 2 is 2.07 bits per heavy atom. The second kappa shape index (κ2) is 5.37. The largest absolute Gasteiger partial charge is 0.419 e. The Balaban J connectivity index is 1.62. The van der Waals surface area contributed by atoms with Crippen molar-refractivity contribution in [2.24, 2.45) is 0 Å². The predicted octanol–water partition coefficient (Wildman–Crippen LogP) is 2.60. The van der Waals surface area contributed by atoms with Gasteiger partial charge in [0.2, 0.25) is 5.91 Å². The van der Waals surface area contributed by atoms with Crippen LogP contribution >= 0.6 is 11.6 Å². The highest BCUT2D eigenvalue weighted by Crippen LogP contribution is 2.43. The number of amides is 2. The third kappa shape index (κ3) is 2.67. The molecule has 10 heteroatoms. The van der Waals surface area contributed by atoms with E-state index in [9.17, 15) is 22.8 Å². The van der Waals surface area contributed by atoms with Crippen molar-refractivity contribution < 1.29 is 22.8 Å². The summed E-state index contributed by atoms with van der Waals surface area (Å²) < 4.78 is 41.8. The average Bonchev–Trinajstić information content (AvgIpc) is 3.50. The number of hydrogen-bond donors (Lipinski definition) is 1. The van der Waals surface area contributed by atoms with E-state index in [0.717, 1.165) is 23.3 Å². The molecule has 2 aliphatic carbocycles. The molecular formula is C17H14ClF3N4O2. The quantitative estimate of drug-likeness (QED) is 0.845. The third-order valence-corrected chi connectivity index (χ3v) is 5.68. The summed E-state index contributed by atoms with van der Waals surface area (Å²) in [5.41, 5.74) is -1.02. The van der Waals surface area contributed by atoms with Gasteiger partial charge in [0, 0.05) is 6.20 Å². The van der Waals surface area contributed by atoms with E-state index in [4.69, 9.17) is 11.6 Å². The van der Waals surface area contributed by atoms with Gasteiger partial charge in [-0.25, -0.2) is 4.98 Å². The first-order valence-electron chi connectivity index (χ1n) is 8.63. The summed E-state index contributed by atoms with van der Waals surface area (Å²) in [4.78, 5) is 29.9. The van der Waals surface area contributed by atoms with Gasteiger partial charge in [-0.05, 0) is 36.8 Å². The fraction of sp³-hybridized carbons (Fsp3) is 0.471. The fourth-order valence-corrected chi connectivity index (χ4v) is 3.94. The Morgan fingerprint density at radius 3 is 2.74 bits per heavy atom. The third-order valence-electron chi connectivity index (χ3n) is 5.32. The number of halogens is 4. The number of carbonyl (C=O) groups excluding carboxylic acids is 2. The van der Waals surface area contributed by atoms with Gasteiger partial charge in [0.1, 0.15) is 11.7 Å². The number of piperazine rings is 1. The first-order chi connectivity index (χ1) is 12.7. The molecule has 1 saturated heterocycles. The van der Waals surface area contributed by atoms with Crippen LogP contribution in [-0.4, -0.2) is 44.7 Å². The molecule has 2 amide bonds. The Kier molecular flexibility index (Phi) is 3.35. The minimum atomic E-state index is -4.62. The summed E-state index contributed by atoms with van der Waals surface area (Å²) in [6.45, 7) is -0.149. The van der Waals surface area contributed by atoms with Gasteiger partial charge in [-0.3, -0.25) is 14.0 Å². The Hall–Kier alpha value is -2.29. The van der Waals surface area contributed by atoms with E-state index < -0.39 is 23.3 Å². The first-order valence-corrected chi connectivity index (χ1v) is 9.01. The molecule has 2 aromatic rings. The minimum Gasteiger partial charge on any atom is -0.350 e. The van der Waals surface area contributed by atoms with Crippen LogP contribution in [0, 0.1) is 0 Å². The summed E-state index contributed by atoms with van der Waals surface area (Å²) in [6.07, 6.45) is -0.813. The van der Waals surface area contributed by atoms with Gasteiger partial charge in [0.05, 0.1) is 17.6 Å². The number of rotatable bonds is 2. The topological polar surface area (TPSA) is 66.7 Å². The van der Waals surface area contributed by atoms with Crippen LogP contribution in [0.15, 0.2) is 12.3 Å². The normalized spacial score (nSPS) is 24.7. The van der Waals surface area contributed by atoms with Crippen molar-refractivity contribution in [3.63, 3.8) is 0 Å². The molecule has 5 rings (SSSR count). The van der Waals surface area contributed by atoms with Crippen LogP contribution in [0.25, 0.3) is 5.65 Å². The Labute approximate surface area is 156 Å². The van der Waals surface area contributed by atoms with Gasteiger partial charge in [-0.2, -0.15) is 13.2 Å². The van der Waals surface area contributed by atoms with Crippen molar-refractivity contribution in [2.75, 3.05) is 6.54 Å². The minimum absolute atomic E-state index is 0.0751. The standard InChI is InChI=1S/C17H14ClF3N4O2/c18-14-13(16(27)24-6-12(26)22-10-4-11(10)24)23-15-9(17(19,20)21)3-8(5-25(14)15)7-1-2-7/h3,5,7,10-11H,1-2,4,6H2,(H,22,26). The molecule has 2 aromatic heterocycles. The maximum Gasteiger partial charge on any atom is 0.419 e. The highest BCUT2D eigenvalue weighted by molar-refractivity contribution is 6.33. The molecule has 142 valence electrons. The first kappa shape index (κ1) is 16.9. The SMILES string of the molecule is O=C1CN(C(=O)c2nc3c(C(F)(F)F)cc(C4CC4)cn3c2Cl)C2CC2N1. The molecule has 0 aromatic carbocycles. The number of imidazole rings is 1. The summed E-state index contributed by atoms with van der Waals surface area (Å²) in [7, 11) is 0. The molecule has 0 spiro atoms. The van der Waals surface area contributed by atoms with Gasteiger partial charge >= 0.3 is 6.18 Å². The second-order valence-corrected chi connectivity index (χ2v) is 7.67. The van der Waals surface area contributed by atoms with Gasteiger partial charge in [0.25, 0.3) is 5.91 Å². The summed E-state index contributed by atoms with van der Waals surface area (Å²) in [5, 5.41) is 2.59. The van der Waals surface area contributed by atoms with E-state index in [2.05, 4.69) is 10.3 Å². The van der Waals surface area contributed by atoms with Crippen molar-refractivity contribution in [2.45, 2.75) is 43.4 Å². The molecule has 2 atom stereocenters. The smallest absolute Gasteiger partial charge is 0.350 e. The number of nitrogens with one attached hydrogen (secondary N) is 1. The number of alkyl halides is 3. The second-order valence-electron chi connectivity index (χ2n) is 7.31. The molecule has 27 heavy (non-hydrogen) atoms. The molecule has 3 heterocycles. The molecule has 1 N–H and O–H groups in total. The summed E-state index contributed by atoms with van der Waals surface area (Å²) in [5.74, 6) is -0.840. The lowest BCUT2D eigenvalue weighted by atomic mass is 10.1. The number of pyridine rings is 1. The zero-order chi connectivity index (χ0) is 19.1. The van der Waals surface area contributed by atoms with Crippen molar-refractivity contribution in [3.8, 4) is 0 Å². The highest BCUT2D eigenvalue weighted by atomic mass is 35.5.